The molecule has 2 nitrogen and oxygen atoms in total. The van der Waals surface area contributed by atoms with Crippen LogP contribution in [-0.2, 0) is 0 Å². The predicted molar refractivity (Wildman–Crippen MR) is 63.6 cm³/mol. The lowest BCUT2D eigenvalue weighted by Gasteiger charge is -2.18. The molecule has 0 bridgehead atoms. The Morgan fingerprint density at radius 2 is 1.94 bits per heavy atom. The normalized spacial score (nSPS) is 18.9. The highest BCUT2D eigenvalue weighted by atomic mass is 19.1. The van der Waals surface area contributed by atoms with Crippen molar-refractivity contribution < 1.29 is 4.39 Å². The van der Waals surface area contributed by atoms with Crippen molar-refractivity contribution >= 4 is 0 Å². The van der Waals surface area contributed by atoms with Gasteiger partial charge in [-0.3, -0.25) is 0 Å². The molecule has 1 aromatic rings. The minimum absolute atomic E-state index is 0.179. The molecule has 0 aromatic heterocycles. The van der Waals surface area contributed by atoms with Gasteiger partial charge in [-0.1, -0.05) is 18.2 Å². The molecular weight excluding hydrogens is 203 g/mol. The van der Waals surface area contributed by atoms with Crippen molar-refractivity contribution in [1.29, 1.82) is 0 Å². The molecule has 0 saturated carbocycles. The van der Waals surface area contributed by atoms with Crippen molar-refractivity contribution in [2.24, 2.45) is 5.73 Å². The maximum absolute atomic E-state index is 13.4. The Labute approximate surface area is 96.2 Å². The Morgan fingerprint density at radius 3 is 2.62 bits per heavy atom. The van der Waals surface area contributed by atoms with E-state index in [1.165, 1.54) is 32.0 Å². The van der Waals surface area contributed by atoms with Crippen LogP contribution in [0.25, 0.3) is 0 Å². The van der Waals surface area contributed by atoms with Gasteiger partial charge in [0.1, 0.15) is 5.82 Å². The molecule has 1 unspecified atom stereocenters. The molecule has 1 atom stereocenters. The van der Waals surface area contributed by atoms with Gasteiger partial charge in [-0.25, -0.2) is 4.39 Å². The van der Waals surface area contributed by atoms with E-state index in [4.69, 9.17) is 5.73 Å². The van der Waals surface area contributed by atoms with Crippen molar-refractivity contribution in [3.05, 3.63) is 35.6 Å². The number of halogens is 1. The Bertz CT molecular complexity index is 334. The molecular formula is C13H19FN2. The Kier molecular flexibility index (Phi) is 3.91. The number of nitrogens with zero attached hydrogens (tertiary/aromatic N) is 1. The van der Waals surface area contributed by atoms with Gasteiger partial charge < -0.3 is 10.6 Å². The first-order valence-corrected chi connectivity index (χ1v) is 6.00. The van der Waals surface area contributed by atoms with E-state index in [2.05, 4.69) is 4.90 Å². The maximum Gasteiger partial charge on any atom is 0.127 e. The van der Waals surface area contributed by atoms with Crippen LogP contribution in [0.15, 0.2) is 24.3 Å². The minimum atomic E-state index is -0.184. The molecule has 1 aromatic carbocycles. The average Bonchev–Trinajstić information content (AvgIpc) is 2.79. The molecule has 2 rings (SSSR count). The Balaban J connectivity index is 1.87. The van der Waals surface area contributed by atoms with E-state index in [1.807, 2.05) is 6.07 Å². The highest BCUT2D eigenvalue weighted by Gasteiger charge is 2.15. The van der Waals surface area contributed by atoms with Crippen LogP contribution in [0.3, 0.4) is 0 Å². The van der Waals surface area contributed by atoms with Crippen LogP contribution in [-0.4, -0.2) is 24.5 Å². The van der Waals surface area contributed by atoms with E-state index in [9.17, 15) is 4.39 Å². The van der Waals surface area contributed by atoms with Gasteiger partial charge in [0.2, 0.25) is 0 Å². The van der Waals surface area contributed by atoms with Crippen LogP contribution in [0.2, 0.25) is 0 Å². The second kappa shape index (κ2) is 5.41. The third kappa shape index (κ3) is 2.80. The summed E-state index contributed by atoms with van der Waals surface area (Å²) in [6.45, 7) is 3.32. The summed E-state index contributed by atoms with van der Waals surface area (Å²) in [6.07, 6.45) is 3.41. The fourth-order valence-corrected chi connectivity index (χ4v) is 2.26. The Hall–Kier alpha value is -0.930. The van der Waals surface area contributed by atoms with Crippen molar-refractivity contribution in [2.45, 2.75) is 25.3 Å². The van der Waals surface area contributed by atoms with Gasteiger partial charge in [-0.05, 0) is 45.0 Å². The molecule has 2 N–H and O–H groups in total. The quantitative estimate of drug-likeness (QED) is 0.847. The topological polar surface area (TPSA) is 29.3 Å². The van der Waals surface area contributed by atoms with E-state index in [-0.39, 0.29) is 11.9 Å². The number of hydrogen-bond donors (Lipinski definition) is 1. The number of likely N-dealkylation sites (tertiary alicyclic amines) is 1. The molecule has 0 amide bonds. The van der Waals surface area contributed by atoms with Gasteiger partial charge in [0.15, 0.2) is 0 Å². The monoisotopic (exact) mass is 222 g/mol. The highest BCUT2D eigenvalue weighted by molar-refractivity contribution is 5.20. The molecule has 88 valence electrons. The average molecular weight is 222 g/mol. The van der Waals surface area contributed by atoms with Gasteiger partial charge in [0.05, 0.1) is 0 Å². The molecule has 16 heavy (non-hydrogen) atoms. The van der Waals surface area contributed by atoms with Gasteiger partial charge in [-0.15, -0.1) is 0 Å². The molecule has 3 heteroatoms. The number of benzene rings is 1. The molecule has 0 aliphatic carbocycles. The third-order valence-corrected chi connectivity index (χ3v) is 3.26. The largest absolute Gasteiger partial charge is 0.324 e. The smallest absolute Gasteiger partial charge is 0.127 e. The van der Waals surface area contributed by atoms with Crippen molar-refractivity contribution in [3.63, 3.8) is 0 Å². The summed E-state index contributed by atoms with van der Waals surface area (Å²) in [6, 6.07) is 6.62. The van der Waals surface area contributed by atoms with E-state index < -0.39 is 0 Å². The fraction of sp³-hybridized carbons (Fsp3) is 0.538. The zero-order valence-corrected chi connectivity index (χ0v) is 9.53. The van der Waals surface area contributed by atoms with Crippen molar-refractivity contribution in [1.82, 2.24) is 4.90 Å². The van der Waals surface area contributed by atoms with Gasteiger partial charge in [0, 0.05) is 11.6 Å². The first kappa shape index (κ1) is 11.6. The van der Waals surface area contributed by atoms with E-state index in [1.54, 1.807) is 12.1 Å². The van der Waals surface area contributed by atoms with E-state index >= 15 is 0 Å². The second-order valence-electron chi connectivity index (χ2n) is 4.47. The zero-order chi connectivity index (χ0) is 11.4. The summed E-state index contributed by atoms with van der Waals surface area (Å²) in [7, 11) is 0. The molecule has 1 heterocycles. The summed E-state index contributed by atoms with van der Waals surface area (Å²) in [5.74, 6) is -0.184. The highest BCUT2D eigenvalue weighted by Crippen LogP contribution is 2.18. The molecule has 1 aliphatic heterocycles. The van der Waals surface area contributed by atoms with Crippen LogP contribution >= 0.6 is 0 Å². The fourth-order valence-electron chi connectivity index (χ4n) is 2.26. The van der Waals surface area contributed by atoms with Crippen LogP contribution in [0, 0.1) is 5.82 Å². The number of hydrogen-bond acceptors (Lipinski definition) is 2. The maximum atomic E-state index is 13.4. The molecule has 0 radical (unpaired) electrons. The summed E-state index contributed by atoms with van der Waals surface area (Å²) in [5.41, 5.74) is 6.65. The third-order valence-electron chi connectivity index (χ3n) is 3.26. The summed E-state index contributed by atoms with van der Waals surface area (Å²) >= 11 is 0. The van der Waals surface area contributed by atoms with Gasteiger partial charge in [-0.2, -0.15) is 0 Å². The molecule has 1 aliphatic rings. The van der Waals surface area contributed by atoms with E-state index in [0.29, 0.717) is 5.56 Å². The van der Waals surface area contributed by atoms with Gasteiger partial charge in [0.25, 0.3) is 0 Å². The Morgan fingerprint density at radius 1 is 1.25 bits per heavy atom. The first-order chi connectivity index (χ1) is 7.77. The second-order valence-corrected chi connectivity index (χ2v) is 4.47. The zero-order valence-electron chi connectivity index (χ0n) is 9.53. The number of nitrogens with two attached hydrogens (primary N) is 1. The predicted octanol–water partition coefficient (Wildman–Crippen LogP) is 2.31. The van der Waals surface area contributed by atoms with Crippen LogP contribution in [0.4, 0.5) is 4.39 Å². The summed E-state index contributed by atoms with van der Waals surface area (Å²) in [4.78, 5) is 2.40. The summed E-state index contributed by atoms with van der Waals surface area (Å²) < 4.78 is 13.4. The first-order valence-electron chi connectivity index (χ1n) is 6.00. The lowest BCUT2D eigenvalue weighted by molar-refractivity contribution is 0.321. The number of rotatable bonds is 4. The SMILES string of the molecule is NC(CCN1CCCC1)c1ccccc1F. The van der Waals surface area contributed by atoms with Crippen molar-refractivity contribution in [3.8, 4) is 0 Å². The lowest BCUT2D eigenvalue weighted by atomic mass is 10.0. The summed E-state index contributed by atoms with van der Waals surface area (Å²) in [5, 5.41) is 0. The van der Waals surface area contributed by atoms with Gasteiger partial charge >= 0.3 is 0 Å². The standard InChI is InChI=1S/C13H19FN2/c14-12-6-2-1-5-11(12)13(15)7-10-16-8-3-4-9-16/h1-2,5-6,13H,3-4,7-10,15H2. The van der Waals surface area contributed by atoms with Crippen LogP contribution in [0.1, 0.15) is 30.9 Å². The minimum Gasteiger partial charge on any atom is -0.324 e. The lowest BCUT2D eigenvalue weighted by Crippen LogP contribution is -2.24. The molecule has 1 fully saturated rings. The molecule has 1 saturated heterocycles. The van der Waals surface area contributed by atoms with Crippen LogP contribution < -0.4 is 5.73 Å². The molecule has 0 spiro atoms. The van der Waals surface area contributed by atoms with Crippen LogP contribution in [0.5, 0.6) is 0 Å². The van der Waals surface area contributed by atoms with E-state index in [0.717, 1.165) is 13.0 Å². The van der Waals surface area contributed by atoms with Crippen molar-refractivity contribution in [2.75, 3.05) is 19.6 Å².